The van der Waals surface area contributed by atoms with Crippen molar-refractivity contribution < 1.29 is 22.9 Å². The molecule has 12 heteroatoms. The zero-order chi connectivity index (χ0) is 26.4. The minimum atomic E-state index is -4.32. The fourth-order valence-corrected chi connectivity index (χ4v) is 4.79. The van der Waals surface area contributed by atoms with Crippen LogP contribution < -0.4 is 10.2 Å². The summed E-state index contributed by atoms with van der Waals surface area (Å²) in [6.07, 6.45) is -0.00794. The van der Waals surface area contributed by atoms with E-state index in [1.165, 1.54) is 24.4 Å². The summed E-state index contributed by atoms with van der Waals surface area (Å²) in [5, 5.41) is 14.1. The third kappa shape index (κ3) is 7.31. The molecule has 0 radical (unpaired) electrons. The highest BCUT2D eigenvalue weighted by atomic mass is 19.4. The number of alkyl halides is 3. The summed E-state index contributed by atoms with van der Waals surface area (Å²) >= 11 is 0. The largest absolute Gasteiger partial charge is 0.416 e. The molecule has 0 bridgehead atoms. The van der Waals surface area contributed by atoms with Gasteiger partial charge in [0, 0.05) is 63.5 Å². The maximum Gasteiger partial charge on any atom is 0.416 e. The Kier molecular flexibility index (Phi) is 8.47. The van der Waals surface area contributed by atoms with Gasteiger partial charge in [-0.05, 0) is 66.0 Å². The van der Waals surface area contributed by atoms with Crippen LogP contribution >= 0.6 is 0 Å². The average molecular weight is 521 g/mol. The minimum absolute atomic E-state index is 0.152. The molecule has 2 aromatic rings. The number of carbonyl (C=O) groups is 1. The topological polar surface area (TPSA) is 94.9 Å². The van der Waals surface area contributed by atoms with E-state index in [0.717, 1.165) is 75.5 Å². The fourth-order valence-electron chi connectivity index (χ4n) is 4.79. The summed E-state index contributed by atoms with van der Waals surface area (Å²) in [5.41, 5.74) is 0.890. The number of hydrogen-bond acceptors (Lipinski definition) is 7. The normalized spacial score (nSPS) is 17.6. The summed E-state index contributed by atoms with van der Waals surface area (Å²) < 4.78 is 38.3. The number of nitrogens with zero attached hydrogens (tertiary/aromatic N) is 5. The van der Waals surface area contributed by atoms with E-state index in [4.69, 9.17) is 0 Å². The van der Waals surface area contributed by atoms with Gasteiger partial charge < -0.3 is 25.2 Å². The van der Waals surface area contributed by atoms with Crippen LogP contribution in [0.3, 0.4) is 0 Å². The van der Waals surface area contributed by atoms with Gasteiger partial charge in [-0.25, -0.2) is 0 Å². The summed E-state index contributed by atoms with van der Waals surface area (Å²) in [7, 11) is 0. The van der Waals surface area contributed by atoms with Gasteiger partial charge in [-0.3, -0.25) is 9.69 Å². The molecule has 37 heavy (non-hydrogen) atoms. The number of nitro groups is 1. The predicted octanol–water partition coefficient (Wildman–Crippen LogP) is 4.01. The van der Waals surface area contributed by atoms with Crippen LogP contribution in [-0.4, -0.2) is 77.5 Å². The van der Waals surface area contributed by atoms with Gasteiger partial charge in [0.2, 0.25) is 5.91 Å². The monoisotopic (exact) mass is 520 g/mol. The Morgan fingerprint density at radius 2 is 1.70 bits per heavy atom. The van der Waals surface area contributed by atoms with Crippen molar-refractivity contribution in [1.82, 2.24) is 14.8 Å². The van der Waals surface area contributed by atoms with Crippen molar-refractivity contribution in [1.29, 1.82) is 0 Å². The highest BCUT2D eigenvalue weighted by Gasteiger charge is 2.30. The molecule has 0 aliphatic carbocycles. The number of hydrogen-bond donors (Lipinski definition) is 1. The van der Waals surface area contributed by atoms with Crippen LogP contribution in [0, 0.1) is 10.1 Å². The van der Waals surface area contributed by atoms with Crippen molar-refractivity contribution in [3.63, 3.8) is 0 Å². The van der Waals surface area contributed by atoms with Crippen LogP contribution in [-0.2, 0) is 11.0 Å². The molecule has 1 amide bonds. The molecular weight excluding hydrogens is 489 g/mol. The molecule has 200 valence electrons. The van der Waals surface area contributed by atoms with Crippen molar-refractivity contribution in [3.8, 4) is 0 Å². The number of rotatable bonds is 8. The number of anilines is 2. The lowest BCUT2D eigenvalue weighted by Crippen LogP contribution is -2.47. The predicted molar refractivity (Wildman–Crippen MR) is 133 cm³/mol. The van der Waals surface area contributed by atoms with Crippen LogP contribution in [0.4, 0.5) is 30.4 Å². The van der Waals surface area contributed by atoms with Gasteiger partial charge in [0.25, 0.3) is 0 Å². The fraction of sp³-hybridized carbons (Fsp3) is 0.520. The number of piperidine rings is 1. The molecule has 2 fully saturated rings. The lowest BCUT2D eigenvalue weighted by Gasteiger charge is -2.36. The van der Waals surface area contributed by atoms with Gasteiger partial charge in [-0.1, -0.05) is 0 Å². The summed E-state index contributed by atoms with van der Waals surface area (Å²) in [6.45, 7) is 5.25. The van der Waals surface area contributed by atoms with Crippen LogP contribution in [0.1, 0.15) is 31.2 Å². The molecule has 4 rings (SSSR count). The molecule has 2 aliphatic heterocycles. The van der Waals surface area contributed by atoms with Crippen molar-refractivity contribution in [2.75, 3.05) is 56.0 Å². The first-order valence-corrected chi connectivity index (χ1v) is 12.5. The van der Waals surface area contributed by atoms with E-state index >= 15 is 0 Å². The van der Waals surface area contributed by atoms with Gasteiger partial charge in [0.1, 0.15) is 0 Å². The van der Waals surface area contributed by atoms with E-state index in [2.05, 4.69) is 20.1 Å². The molecule has 3 heterocycles. The summed E-state index contributed by atoms with van der Waals surface area (Å²) in [4.78, 5) is 33.0. The minimum Gasteiger partial charge on any atom is -0.379 e. The van der Waals surface area contributed by atoms with Gasteiger partial charge in [0.05, 0.1) is 11.3 Å². The number of pyridine rings is 1. The highest BCUT2D eigenvalue weighted by Crippen LogP contribution is 2.30. The Balaban J connectivity index is 1.12. The highest BCUT2D eigenvalue weighted by molar-refractivity contribution is 5.76. The quantitative estimate of drug-likeness (QED) is 0.415. The van der Waals surface area contributed by atoms with E-state index in [0.29, 0.717) is 19.5 Å². The molecule has 0 spiro atoms. The van der Waals surface area contributed by atoms with E-state index in [1.54, 1.807) is 6.07 Å². The number of likely N-dealkylation sites (tertiary alicyclic amines) is 1. The SMILES string of the molecule is O=C(CCCN1CCN(c2ccc(C(F)(F)F)cc2)CC1)N1CCC(Nc2ccc([N+](=O)[O-])nc2)CC1. The smallest absolute Gasteiger partial charge is 0.379 e. The maximum atomic E-state index is 12.8. The number of amides is 1. The second-order valence-corrected chi connectivity index (χ2v) is 9.44. The molecule has 2 saturated heterocycles. The Morgan fingerprint density at radius 3 is 2.27 bits per heavy atom. The zero-order valence-electron chi connectivity index (χ0n) is 20.5. The molecule has 2 aliphatic rings. The Labute approximate surface area is 213 Å². The molecule has 0 atom stereocenters. The van der Waals surface area contributed by atoms with Crippen molar-refractivity contribution in [2.45, 2.75) is 37.9 Å². The van der Waals surface area contributed by atoms with Crippen molar-refractivity contribution >= 4 is 23.1 Å². The molecule has 0 unspecified atom stereocenters. The average Bonchev–Trinajstić information content (AvgIpc) is 2.89. The van der Waals surface area contributed by atoms with Gasteiger partial charge in [-0.2, -0.15) is 13.2 Å². The number of piperazine rings is 1. The number of aromatic nitrogens is 1. The Morgan fingerprint density at radius 1 is 1.03 bits per heavy atom. The third-order valence-electron chi connectivity index (χ3n) is 6.95. The first-order chi connectivity index (χ1) is 17.7. The first-order valence-electron chi connectivity index (χ1n) is 12.5. The van der Waals surface area contributed by atoms with E-state index in [1.807, 2.05) is 4.90 Å². The number of carbonyl (C=O) groups excluding carboxylic acids is 1. The second-order valence-electron chi connectivity index (χ2n) is 9.44. The van der Waals surface area contributed by atoms with Gasteiger partial charge in [0.15, 0.2) is 6.20 Å². The first kappa shape index (κ1) is 26.6. The van der Waals surface area contributed by atoms with Crippen molar-refractivity contribution in [3.05, 3.63) is 58.3 Å². The van der Waals surface area contributed by atoms with Crippen LogP contribution in [0.5, 0.6) is 0 Å². The molecule has 1 N–H and O–H groups in total. The van der Waals surface area contributed by atoms with E-state index < -0.39 is 16.7 Å². The number of nitrogens with one attached hydrogen (secondary N) is 1. The Hall–Kier alpha value is -3.41. The van der Waals surface area contributed by atoms with Crippen molar-refractivity contribution in [2.24, 2.45) is 0 Å². The second kappa shape index (κ2) is 11.8. The van der Waals surface area contributed by atoms with Gasteiger partial charge in [-0.15, -0.1) is 0 Å². The maximum absolute atomic E-state index is 12.8. The van der Waals surface area contributed by atoms with E-state index in [9.17, 15) is 28.1 Å². The molecule has 1 aromatic carbocycles. The van der Waals surface area contributed by atoms with Crippen LogP contribution in [0.15, 0.2) is 42.6 Å². The van der Waals surface area contributed by atoms with E-state index in [-0.39, 0.29) is 17.8 Å². The number of benzene rings is 1. The summed E-state index contributed by atoms with van der Waals surface area (Å²) in [5.74, 6) is -0.0363. The standard InChI is InChI=1S/C25H31F3N6O3/c26-25(27,28)19-3-6-22(7-4-19)32-16-14-31(15-17-32)11-1-2-24(35)33-12-9-20(10-13-33)30-21-5-8-23(29-18-21)34(36)37/h3-8,18,20,30H,1-2,9-17H2. The Bertz CT molecular complexity index is 1050. The van der Waals surface area contributed by atoms with Crippen LogP contribution in [0.2, 0.25) is 0 Å². The lowest BCUT2D eigenvalue weighted by atomic mass is 10.0. The van der Waals surface area contributed by atoms with Crippen LogP contribution in [0.25, 0.3) is 0 Å². The third-order valence-corrected chi connectivity index (χ3v) is 6.95. The molecule has 9 nitrogen and oxygen atoms in total. The zero-order valence-corrected chi connectivity index (χ0v) is 20.5. The van der Waals surface area contributed by atoms with Gasteiger partial charge >= 0.3 is 12.0 Å². The molecule has 0 saturated carbocycles. The lowest BCUT2D eigenvalue weighted by molar-refractivity contribution is -0.389. The summed E-state index contributed by atoms with van der Waals surface area (Å²) in [6, 6.07) is 8.50. The molecular formula is C25H31F3N6O3. The molecule has 1 aromatic heterocycles. The number of halogens is 3.